The second kappa shape index (κ2) is 8.32. The summed E-state index contributed by atoms with van der Waals surface area (Å²) in [6, 6.07) is 13.8. The van der Waals surface area contributed by atoms with Gasteiger partial charge in [0.1, 0.15) is 0 Å². The van der Waals surface area contributed by atoms with Crippen molar-refractivity contribution in [3.8, 4) is 5.69 Å². The summed E-state index contributed by atoms with van der Waals surface area (Å²) in [5.74, 6) is -0.216. The van der Waals surface area contributed by atoms with Gasteiger partial charge in [0, 0.05) is 16.3 Å². The highest BCUT2D eigenvalue weighted by molar-refractivity contribution is 8.00. The molecule has 27 heavy (non-hydrogen) atoms. The normalized spacial score (nSPS) is 11.8. The molecular formula is C18H16ClN5O2S. The Morgan fingerprint density at radius 1 is 1.11 bits per heavy atom. The second-order valence-electron chi connectivity index (χ2n) is 5.73. The Bertz CT molecular complexity index is 957. The number of benzene rings is 2. The minimum absolute atomic E-state index is 0.0224. The van der Waals surface area contributed by atoms with Gasteiger partial charge in [-0.05, 0) is 72.8 Å². The number of ketones is 1. The molecule has 0 radical (unpaired) electrons. The van der Waals surface area contributed by atoms with Crippen molar-refractivity contribution in [2.75, 3.05) is 5.32 Å². The molecule has 0 spiro atoms. The molecule has 1 atom stereocenters. The van der Waals surface area contributed by atoms with Crippen LogP contribution in [-0.2, 0) is 4.79 Å². The number of thioether (sulfide) groups is 1. The van der Waals surface area contributed by atoms with E-state index < -0.39 is 5.25 Å². The summed E-state index contributed by atoms with van der Waals surface area (Å²) >= 11 is 7.14. The van der Waals surface area contributed by atoms with E-state index in [9.17, 15) is 9.59 Å². The molecule has 0 aliphatic rings. The standard InChI is InChI=1S/C18H16ClN5O2S/c1-11(25)13-3-7-15(8-4-13)20-17(26)12(2)27-18-21-22-23-24(18)16-9-5-14(19)6-10-16/h3-10,12H,1-2H3,(H,20,26). The van der Waals surface area contributed by atoms with Crippen molar-refractivity contribution in [1.82, 2.24) is 20.2 Å². The highest BCUT2D eigenvalue weighted by Gasteiger charge is 2.19. The van der Waals surface area contributed by atoms with Crippen LogP contribution in [0.5, 0.6) is 0 Å². The summed E-state index contributed by atoms with van der Waals surface area (Å²) in [5, 5.41) is 15.1. The van der Waals surface area contributed by atoms with Gasteiger partial charge < -0.3 is 5.32 Å². The number of aromatic nitrogens is 4. The maximum atomic E-state index is 12.5. The molecular weight excluding hydrogens is 386 g/mol. The summed E-state index contributed by atoms with van der Waals surface area (Å²) in [6.45, 7) is 3.27. The first-order chi connectivity index (χ1) is 12.9. The predicted octanol–water partition coefficient (Wildman–Crippen LogP) is 3.64. The lowest BCUT2D eigenvalue weighted by molar-refractivity contribution is -0.115. The number of carbonyl (C=O) groups is 2. The molecule has 2 aromatic carbocycles. The molecule has 7 nitrogen and oxygen atoms in total. The molecule has 0 saturated carbocycles. The number of rotatable bonds is 6. The van der Waals surface area contributed by atoms with Crippen LogP contribution in [0.15, 0.2) is 53.7 Å². The number of amides is 1. The van der Waals surface area contributed by atoms with Gasteiger partial charge in [-0.1, -0.05) is 23.4 Å². The van der Waals surface area contributed by atoms with Gasteiger partial charge in [0.05, 0.1) is 10.9 Å². The van der Waals surface area contributed by atoms with Crippen LogP contribution < -0.4 is 5.32 Å². The molecule has 0 aliphatic carbocycles. The average molecular weight is 402 g/mol. The zero-order valence-corrected chi connectivity index (χ0v) is 16.2. The molecule has 1 N–H and O–H groups in total. The lowest BCUT2D eigenvalue weighted by Crippen LogP contribution is -2.23. The number of Topliss-reactive ketones (excluding diaryl/α,β-unsaturated/α-hetero) is 1. The lowest BCUT2D eigenvalue weighted by atomic mass is 10.1. The smallest absolute Gasteiger partial charge is 0.237 e. The molecule has 3 rings (SSSR count). The van der Waals surface area contributed by atoms with E-state index in [1.807, 2.05) is 0 Å². The Morgan fingerprint density at radius 2 is 1.78 bits per heavy atom. The average Bonchev–Trinajstić information content (AvgIpc) is 3.10. The van der Waals surface area contributed by atoms with Gasteiger partial charge in [-0.2, -0.15) is 4.68 Å². The van der Waals surface area contributed by atoms with E-state index in [2.05, 4.69) is 20.8 Å². The van der Waals surface area contributed by atoms with E-state index in [0.29, 0.717) is 21.4 Å². The maximum absolute atomic E-state index is 12.5. The van der Waals surface area contributed by atoms with Crippen molar-refractivity contribution in [3.05, 3.63) is 59.1 Å². The molecule has 3 aromatic rings. The molecule has 0 aliphatic heterocycles. The van der Waals surface area contributed by atoms with Crippen LogP contribution in [0.4, 0.5) is 5.69 Å². The van der Waals surface area contributed by atoms with Gasteiger partial charge in [0.15, 0.2) is 5.78 Å². The summed E-state index contributed by atoms with van der Waals surface area (Å²) in [6.07, 6.45) is 0. The van der Waals surface area contributed by atoms with Crippen LogP contribution in [0.1, 0.15) is 24.2 Å². The van der Waals surface area contributed by atoms with Gasteiger partial charge in [-0.3, -0.25) is 9.59 Å². The first-order valence-corrected chi connectivity index (χ1v) is 9.32. The third kappa shape index (κ3) is 4.72. The number of nitrogens with one attached hydrogen (secondary N) is 1. The maximum Gasteiger partial charge on any atom is 0.237 e. The monoisotopic (exact) mass is 401 g/mol. The van der Waals surface area contributed by atoms with Crippen molar-refractivity contribution < 1.29 is 9.59 Å². The molecule has 0 fully saturated rings. The first kappa shape index (κ1) is 19.1. The Labute approximate surface area is 165 Å². The Hall–Kier alpha value is -2.71. The molecule has 1 unspecified atom stereocenters. The third-order valence-corrected chi connectivity index (χ3v) is 5.01. The van der Waals surface area contributed by atoms with Gasteiger partial charge >= 0.3 is 0 Å². The van der Waals surface area contributed by atoms with Crippen LogP contribution in [-0.4, -0.2) is 37.1 Å². The summed E-state index contributed by atoms with van der Waals surface area (Å²) in [7, 11) is 0. The SMILES string of the molecule is CC(=O)c1ccc(NC(=O)C(C)Sc2nnnn2-c2ccc(Cl)cc2)cc1. The summed E-state index contributed by atoms with van der Waals surface area (Å²) < 4.78 is 1.55. The number of tetrazole rings is 1. The van der Waals surface area contributed by atoms with Crippen LogP contribution in [0.2, 0.25) is 5.02 Å². The van der Waals surface area contributed by atoms with E-state index in [-0.39, 0.29) is 11.7 Å². The summed E-state index contributed by atoms with van der Waals surface area (Å²) in [4.78, 5) is 23.8. The molecule has 138 valence electrons. The number of nitrogens with zero attached hydrogens (tertiary/aromatic N) is 4. The molecule has 1 aromatic heterocycles. The number of anilines is 1. The molecule has 0 saturated heterocycles. The van der Waals surface area contributed by atoms with Crippen LogP contribution in [0.3, 0.4) is 0 Å². The second-order valence-corrected chi connectivity index (χ2v) is 7.48. The Kier molecular flexibility index (Phi) is 5.88. The highest BCUT2D eigenvalue weighted by atomic mass is 35.5. The minimum Gasteiger partial charge on any atom is -0.325 e. The quantitative estimate of drug-likeness (QED) is 0.501. The summed E-state index contributed by atoms with van der Waals surface area (Å²) in [5.41, 5.74) is 1.96. The first-order valence-electron chi connectivity index (χ1n) is 8.07. The van der Waals surface area contributed by atoms with Crippen LogP contribution in [0, 0.1) is 0 Å². The van der Waals surface area contributed by atoms with Crippen molar-refractivity contribution in [2.45, 2.75) is 24.3 Å². The Morgan fingerprint density at radius 3 is 2.41 bits per heavy atom. The topological polar surface area (TPSA) is 89.8 Å². The van der Waals surface area contributed by atoms with Crippen molar-refractivity contribution in [2.24, 2.45) is 0 Å². The van der Waals surface area contributed by atoms with E-state index in [0.717, 1.165) is 5.69 Å². The van der Waals surface area contributed by atoms with E-state index in [4.69, 9.17) is 11.6 Å². The largest absolute Gasteiger partial charge is 0.325 e. The minimum atomic E-state index is -0.436. The zero-order chi connectivity index (χ0) is 19.4. The van der Waals surface area contributed by atoms with Crippen molar-refractivity contribution in [1.29, 1.82) is 0 Å². The van der Waals surface area contributed by atoms with Crippen LogP contribution in [0.25, 0.3) is 5.69 Å². The van der Waals surface area contributed by atoms with Gasteiger partial charge in [-0.15, -0.1) is 5.10 Å². The number of carbonyl (C=O) groups excluding carboxylic acids is 2. The lowest BCUT2D eigenvalue weighted by Gasteiger charge is -2.12. The van der Waals surface area contributed by atoms with E-state index >= 15 is 0 Å². The van der Waals surface area contributed by atoms with Crippen molar-refractivity contribution in [3.63, 3.8) is 0 Å². The zero-order valence-electron chi connectivity index (χ0n) is 14.6. The van der Waals surface area contributed by atoms with Crippen LogP contribution >= 0.6 is 23.4 Å². The molecule has 1 amide bonds. The molecule has 9 heteroatoms. The van der Waals surface area contributed by atoms with Gasteiger partial charge in [0.2, 0.25) is 11.1 Å². The molecule has 1 heterocycles. The van der Waals surface area contributed by atoms with E-state index in [1.165, 1.54) is 18.7 Å². The van der Waals surface area contributed by atoms with Gasteiger partial charge in [-0.25, -0.2) is 0 Å². The predicted molar refractivity (Wildman–Crippen MR) is 105 cm³/mol. The third-order valence-electron chi connectivity index (χ3n) is 3.72. The fourth-order valence-electron chi connectivity index (χ4n) is 2.24. The number of halogens is 1. The van der Waals surface area contributed by atoms with Gasteiger partial charge in [0.25, 0.3) is 0 Å². The molecule has 0 bridgehead atoms. The number of hydrogen-bond donors (Lipinski definition) is 1. The highest BCUT2D eigenvalue weighted by Crippen LogP contribution is 2.24. The van der Waals surface area contributed by atoms with Crippen molar-refractivity contribution >= 4 is 40.7 Å². The fraction of sp³-hybridized carbons (Fsp3) is 0.167. The Balaban J connectivity index is 1.67. The number of hydrogen-bond acceptors (Lipinski definition) is 6. The fourth-order valence-corrected chi connectivity index (χ4v) is 3.17. The van der Waals surface area contributed by atoms with E-state index in [1.54, 1.807) is 60.1 Å².